The Hall–Kier alpha value is -2.95. The summed E-state index contributed by atoms with van der Waals surface area (Å²) >= 11 is 0. The maximum atomic E-state index is 14.5. The van der Waals surface area contributed by atoms with Crippen LogP contribution in [-0.2, 0) is 14.6 Å². The van der Waals surface area contributed by atoms with E-state index in [9.17, 15) is 17.6 Å². The maximum absolute atomic E-state index is 14.5. The van der Waals surface area contributed by atoms with Gasteiger partial charge in [-0.25, -0.2) is 27.6 Å². The van der Waals surface area contributed by atoms with Gasteiger partial charge in [0.15, 0.2) is 9.84 Å². The number of likely N-dealkylation sites (tertiary alicyclic amines) is 1. The number of halogens is 1. The number of nitrogens with zero attached hydrogens (tertiary/aromatic N) is 4. The predicted molar refractivity (Wildman–Crippen MR) is 133 cm³/mol. The van der Waals surface area contributed by atoms with Crippen molar-refractivity contribution in [3.05, 3.63) is 36.4 Å². The Kier molecular flexibility index (Phi) is 8.19. The highest BCUT2D eigenvalue weighted by molar-refractivity contribution is 7.90. The molecule has 3 rings (SSSR count). The topological polar surface area (TPSA) is 105 Å². The van der Waals surface area contributed by atoms with Crippen molar-refractivity contribution in [1.29, 1.82) is 0 Å². The lowest BCUT2D eigenvalue weighted by Crippen LogP contribution is -2.43. The molecular formula is C24H34FN5O4S. The van der Waals surface area contributed by atoms with E-state index in [4.69, 9.17) is 4.74 Å². The van der Waals surface area contributed by atoms with E-state index < -0.39 is 21.3 Å². The molecule has 2 aromatic rings. The Balaban J connectivity index is 1.63. The predicted octanol–water partition coefficient (Wildman–Crippen LogP) is 4.24. The first-order chi connectivity index (χ1) is 16.4. The zero-order chi connectivity index (χ0) is 25.8. The molecule has 0 radical (unpaired) electrons. The lowest BCUT2D eigenvalue weighted by Gasteiger charge is -2.35. The fourth-order valence-corrected chi connectivity index (χ4v) is 4.51. The average molecular weight is 508 g/mol. The number of amides is 1. The normalized spacial score (nSPS) is 15.1. The lowest BCUT2D eigenvalue weighted by molar-refractivity contribution is 0.0186. The van der Waals surface area contributed by atoms with Gasteiger partial charge in [0, 0.05) is 38.5 Å². The molecule has 11 heteroatoms. The molecular weight excluding hydrogens is 473 g/mol. The first-order valence-electron chi connectivity index (χ1n) is 11.7. The lowest BCUT2D eigenvalue weighted by atomic mass is 9.96. The summed E-state index contributed by atoms with van der Waals surface area (Å²) in [6.45, 7) is 10.4. The van der Waals surface area contributed by atoms with Crippen molar-refractivity contribution >= 4 is 33.3 Å². The van der Waals surface area contributed by atoms with E-state index in [-0.39, 0.29) is 16.7 Å². The van der Waals surface area contributed by atoms with Crippen LogP contribution in [0.3, 0.4) is 0 Å². The van der Waals surface area contributed by atoms with Crippen LogP contribution in [0, 0.1) is 11.7 Å². The van der Waals surface area contributed by atoms with Gasteiger partial charge < -0.3 is 19.9 Å². The van der Waals surface area contributed by atoms with Crippen molar-refractivity contribution in [3.8, 4) is 0 Å². The number of ether oxygens (including phenoxy) is 1. The summed E-state index contributed by atoms with van der Waals surface area (Å²) in [7, 11) is -3.50. The highest BCUT2D eigenvalue weighted by Crippen LogP contribution is 2.26. The van der Waals surface area contributed by atoms with E-state index in [2.05, 4.69) is 20.2 Å². The summed E-state index contributed by atoms with van der Waals surface area (Å²) in [5.41, 5.74) is -0.385. The molecule has 1 saturated heterocycles. The average Bonchev–Trinajstić information content (AvgIpc) is 2.77. The minimum Gasteiger partial charge on any atom is -0.444 e. The molecule has 0 spiro atoms. The number of sulfone groups is 1. The monoisotopic (exact) mass is 507 g/mol. The van der Waals surface area contributed by atoms with Crippen molar-refractivity contribution in [1.82, 2.24) is 14.9 Å². The minimum absolute atomic E-state index is 0.0844. The molecule has 1 amide bonds. The van der Waals surface area contributed by atoms with Gasteiger partial charge >= 0.3 is 6.09 Å². The number of aromatic nitrogens is 2. The Bertz CT molecular complexity index is 1140. The highest BCUT2D eigenvalue weighted by atomic mass is 32.2. The molecule has 9 nitrogen and oxygen atoms in total. The second-order valence-corrected chi connectivity index (χ2v) is 11.8. The largest absolute Gasteiger partial charge is 0.444 e. The van der Waals surface area contributed by atoms with E-state index in [0.29, 0.717) is 30.6 Å². The summed E-state index contributed by atoms with van der Waals surface area (Å²) in [6, 6.07) is 5.46. The Morgan fingerprint density at radius 2 is 1.91 bits per heavy atom. The standard InChI is InChI=1S/C24H34FN5O4S/c1-6-29(15-17-9-11-30(12-10-17)23(31)34-24(2,3)4)22-14-21(26-16-27-22)28-20-8-7-18(13-19(20)25)35(5,32)33/h7-8,13-14,16-17H,6,9-12,15H2,1-5H3,(H,26,27,28). The second kappa shape index (κ2) is 10.8. The third-order valence-electron chi connectivity index (χ3n) is 5.73. The summed E-state index contributed by atoms with van der Waals surface area (Å²) < 4.78 is 43.2. The number of nitrogens with one attached hydrogen (secondary N) is 1. The molecule has 192 valence electrons. The summed E-state index contributed by atoms with van der Waals surface area (Å²) in [5.74, 6) is 0.810. The molecule has 0 unspecified atom stereocenters. The van der Waals surface area contributed by atoms with Gasteiger partial charge in [0.1, 0.15) is 29.4 Å². The fourth-order valence-electron chi connectivity index (χ4n) is 3.88. The Morgan fingerprint density at radius 3 is 2.49 bits per heavy atom. The van der Waals surface area contributed by atoms with Crippen molar-refractivity contribution < 1.29 is 22.3 Å². The van der Waals surface area contributed by atoms with Crippen LogP contribution in [0.15, 0.2) is 35.5 Å². The fraction of sp³-hybridized carbons (Fsp3) is 0.542. The van der Waals surface area contributed by atoms with Gasteiger partial charge in [-0.15, -0.1) is 0 Å². The third kappa shape index (κ3) is 7.51. The van der Waals surface area contributed by atoms with Crippen LogP contribution < -0.4 is 10.2 Å². The number of carbonyl (C=O) groups is 1. The van der Waals surface area contributed by atoms with Crippen LogP contribution in [0.4, 0.5) is 26.5 Å². The Morgan fingerprint density at radius 1 is 1.23 bits per heavy atom. The molecule has 35 heavy (non-hydrogen) atoms. The van der Waals surface area contributed by atoms with Crippen molar-refractivity contribution in [3.63, 3.8) is 0 Å². The van der Waals surface area contributed by atoms with Crippen molar-refractivity contribution in [2.24, 2.45) is 5.92 Å². The van der Waals surface area contributed by atoms with Crippen molar-refractivity contribution in [2.75, 3.05) is 42.7 Å². The first-order valence-corrected chi connectivity index (χ1v) is 13.6. The molecule has 0 atom stereocenters. The smallest absolute Gasteiger partial charge is 0.410 e. The molecule has 2 heterocycles. The van der Waals surface area contributed by atoms with Crippen LogP contribution in [0.1, 0.15) is 40.5 Å². The second-order valence-electron chi connectivity index (χ2n) is 9.75. The van der Waals surface area contributed by atoms with Gasteiger partial charge in [-0.05, 0) is 64.7 Å². The molecule has 0 aliphatic carbocycles. The van der Waals surface area contributed by atoms with E-state index in [1.807, 2.05) is 27.7 Å². The van der Waals surface area contributed by atoms with Crippen LogP contribution >= 0.6 is 0 Å². The van der Waals surface area contributed by atoms with Crippen LogP contribution in [0.25, 0.3) is 0 Å². The minimum atomic E-state index is -3.50. The molecule has 0 saturated carbocycles. The summed E-state index contributed by atoms with van der Waals surface area (Å²) in [4.78, 5) is 24.7. The first kappa shape index (κ1) is 26.7. The highest BCUT2D eigenvalue weighted by Gasteiger charge is 2.28. The van der Waals surface area contributed by atoms with Gasteiger partial charge in [0.25, 0.3) is 0 Å². The zero-order valence-corrected chi connectivity index (χ0v) is 21.7. The molecule has 1 aromatic carbocycles. The molecule has 1 aromatic heterocycles. The van der Waals surface area contributed by atoms with Gasteiger partial charge in [-0.2, -0.15) is 0 Å². The van der Waals surface area contributed by atoms with Crippen molar-refractivity contribution in [2.45, 2.75) is 51.0 Å². The molecule has 1 aliphatic rings. The molecule has 1 aliphatic heterocycles. The van der Waals surface area contributed by atoms with Crippen LogP contribution in [0.5, 0.6) is 0 Å². The van der Waals surface area contributed by atoms with E-state index in [0.717, 1.165) is 38.3 Å². The van der Waals surface area contributed by atoms with Crippen LogP contribution in [0.2, 0.25) is 0 Å². The van der Waals surface area contributed by atoms with E-state index in [1.165, 1.54) is 18.5 Å². The number of anilines is 3. The number of hydrogen-bond donors (Lipinski definition) is 1. The van der Waals surface area contributed by atoms with Gasteiger partial charge in [0.2, 0.25) is 0 Å². The molecule has 1 N–H and O–H groups in total. The number of rotatable bonds is 7. The SMILES string of the molecule is CCN(CC1CCN(C(=O)OC(C)(C)C)CC1)c1cc(Nc2ccc(S(C)(=O)=O)cc2F)ncn1. The molecule has 0 bridgehead atoms. The zero-order valence-electron chi connectivity index (χ0n) is 20.9. The number of hydrogen-bond acceptors (Lipinski definition) is 8. The van der Waals surface area contributed by atoms with E-state index in [1.54, 1.807) is 11.0 Å². The van der Waals surface area contributed by atoms with Gasteiger partial charge in [-0.1, -0.05) is 0 Å². The van der Waals surface area contributed by atoms with E-state index >= 15 is 0 Å². The summed E-state index contributed by atoms with van der Waals surface area (Å²) in [6.07, 6.45) is 3.90. The summed E-state index contributed by atoms with van der Waals surface area (Å²) in [5, 5.41) is 2.90. The maximum Gasteiger partial charge on any atom is 0.410 e. The Labute approximate surface area is 206 Å². The number of benzene rings is 1. The number of piperidine rings is 1. The van der Waals surface area contributed by atoms with Gasteiger partial charge in [-0.3, -0.25) is 0 Å². The van der Waals surface area contributed by atoms with Gasteiger partial charge in [0.05, 0.1) is 10.6 Å². The molecule has 1 fully saturated rings. The number of carbonyl (C=O) groups excluding carboxylic acids is 1. The van der Waals surface area contributed by atoms with Crippen LogP contribution in [-0.4, -0.2) is 67.4 Å². The quantitative estimate of drug-likeness (QED) is 0.594. The third-order valence-corrected chi connectivity index (χ3v) is 6.84.